The first kappa shape index (κ1) is 8.24. The second-order valence-electron chi connectivity index (χ2n) is 3.37. The first-order chi connectivity index (χ1) is 6.45. The SMILES string of the molecule is C1=CCC(Cc2cccnc2)C=C1. The van der Waals surface area contributed by atoms with E-state index in [1.54, 1.807) is 0 Å². The molecule has 0 N–H and O–H groups in total. The van der Waals surface area contributed by atoms with Crippen molar-refractivity contribution in [3.8, 4) is 0 Å². The molecule has 1 aromatic heterocycles. The fourth-order valence-corrected chi connectivity index (χ4v) is 1.60. The standard InChI is InChI=1S/C12H13N/c1-2-5-11(6-3-1)9-12-7-4-8-13-10-12/h1-5,7-8,10-11H,6,9H2. The minimum Gasteiger partial charge on any atom is -0.264 e. The van der Waals surface area contributed by atoms with Crippen LogP contribution in [0.3, 0.4) is 0 Å². The van der Waals surface area contributed by atoms with Crippen molar-refractivity contribution in [3.63, 3.8) is 0 Å². The molecule has 1 aliphatic carbocycles. The zero-order chi connectivity index (χ0) is 8.93. The molecule has 0 amide bonds. The van der Waals surface area contributed by atoms with Crippen molar-refractivity contribution in [1.82, 2.24) is 4.98 Å². The van der Waals surface area contributed by atoms with Gasteiger partial charge in [-0.1, -0.05) is 30.4 Å². The molecule has 0 saturated carbocycles. The van der Waals surface area contributed by atoms with Gasteiger partial charge >= 0.3 is 0 Å². The summed E-state index contributed by atoms with van der Waals surface area (Å²) in [6.45, 7) is 0. The molecule has 2 rings (SSSR count). The highest BCUT2D eigenvalue weighted by molar-refractivity contribution is 5.16. The molecule has 1 heterocycles. The van der Waals surface area contributed by atoms with Crippen LogP contribution in [0.1, 0.15) is 12.0 Å². The van der Waals surface area contributed by atoms with Gasteiger partial charge in [-0.25, -0.2) is 0 Å². The second-order valence-corrected chi connectivity index (χ2v) is 3.37. The molecule has 0 aliphatic heterocycles. The lowest BCUT2D eigenvalue weighted by Gasteiger charge is -2.11. The van der Waals surface area contributed by atoms with Crippen molar-refractivity contribution < 1.29 is 0 Å². The van der Waals surface area contributed by atoms with Crippen LogP contribution in [0.2, 0.25) is 0 Å². The van der Waals surface area contributed by atoms with Crippen LogP contribution in [0.15, 0.2) is 48.8 Å². The molecule has 13 heavy (non-hydrogen) atoms. The van der Waals surface area contributed by atoms with E-state index in [2.05, 4.69) is 35.4 Å². The average Bonchev–Trinajstić information content (AvgIpc) is 2.21. The Hall–Kier alpha value is -1.37. The molecule has 1 heteroatoms. The highest BCUT2D eigenvalue weighted by atomic mass is 14.6. The fraction of sp³-hybridized carbons (Fsp3) is 0.250. The maximum Gasteiger partial charge on any atom is 0.0300 e. The molecule has 0 fully saturated rings. The van der Waals surface area contributed by atoms with Crippen LogP contribution in [-0.2, 0) is 6.42 Å². The molecule has 1 aromatic rings. The summed E-state index contributed by atoms with van der Waals surface area (Å²) in [5, 5.41) is 0. The third-order valence-corrected chi connectivity index (χ3v) is 2.29. The predicted octanol–water partition coefficient (Wildman–Crippen LogP) is 2.76. The lowest BCUT2D eigenvalue weighted by molar-refractivity contribution is 0.651. The number of allylic oxidation sites excluding steroid dienone is 4. The van der Waals surface area contributed by atoms with Gasteiger partial charge in [0.2, 0.25) is 0 Å². The molecule has 1 atom stereocenters. The Labute approximate surface area is 78.8 Å². The van der Waals surface area contributed by atoms with E-state index < -0.39 is 0 Å². The van der Waals surface area contributed by atoms with Crippen LogP contribution in [0.5, 0.6) is 0 Å². The van der Waals surface area contributed by atoms with Crippen molar-refractivity contribution in [1.29, 1.82) is 0 Å². The zero-order valence-corrected chi connectivity index (χ0v) is 7.56. The van der Waals surface area contributed by atoms with E-state index >= 15 is 0 Å². The Kier molecular flexibility index (Phi) is 2.56. The molecule has 66 valence electrons. The van der Waals surface area contributed by atoms with Gasteiger partial charge in [0.05, 0.1) is 0 Å². The van der Waals surface area contributed by atoms with E-state index in [0.717, 1.165) is 12.8 Å². The van der Waals surface area contributed by atoms with Gasteiger partial charge in [0, 0.05) is 12.4 Å². The quantitative estimate of drug-likeness (QED) is 0.666. The first-order valence-electron chi connectivity index (χ1n) is 4.67. The van der Waals surface area contributed by atoms with E-state index in [0.29, 0.717) is 5.92 Å². The van der Waals surface area contributed by atoms with Gasteiger partial charge in [-0.3, -0.25) is 4.98 Å². The monoisotopic (exact) mass is 171 g/mol. The highest BCUT2D eigenvalue weighted by Crippen LogP contribution is 2.16. The van der Waals surface area contributed by atoms with Crippen molar-refractivity contribution in [2.24, 2.45) is 5.92 Å². The minimum atomic E-state index is 0.661. The molecule has 0 bridgehead atoms. The Bertz CT molecular complexity index is 311. The molecular formula is C12H13N. The van der Waals surface area contributed by atoms with Crippen LogP contribution in [0.25, 0.3) is 0 Å². The van der Waals surface area contributed by atoms with Gasteiger partial charge in [-0.2, -0.15) is 0 Å². The molecule has 0 radical (unpaired) electrons. The number of rotatable bonds is 2. The van der Waals surface area contributed by atoms with Crippen molar-refractivity contribution >= 4 is 0 Å². The molecule has 1 unspecified atom stereocenters. The van der Waals surface area contributed by atoms with Crippen LogP contribution in [0, 0.1) is 5.92 Å². The normalized spacial score (nSPS) is 20.5. The summed E-state index contributed by atoms with van der Waals surface area (Å²) in [6.07, 6.45) is 14.8. The summed E-state index contributed by atoms with van der Waals surface area (Å²) < 4.78 is 0. The molecule has 0 saturated heterocycles. The molecule has 1 aliphatic rings. The number of aromatic nitrogens is 1. The van der Waals surface area contributed by atoms with Crippen LogP contribution in [-0.4, -0.2) is 4.98 Å². The Balaban J connectivity index is 1.99. The average molecular weight is 171 g/mol. The summed E-state index contributed by atoms with van der Waals surface area (Å²) >= 11 is 0. The number of pyridine rings is 1. The lowest BCUT2D eigenvalue weighted by Crippen LogP contribution is -2.02. The van der Waals surface area contributed by atoms with Gasteiger partial charge < -0.3 is 0 Å². The summed E-state index contributed by atoms with van der Waals surface area (Å²) in [7, 11) is 0. The van der Waals surface area contributed by atoms with E-state index in [1.807, 2.05) is 18.5 Å². The summed E-state index contributed by atoms with van der Waals surface area (Å²) in [5.41, 5.74) is 1.33. The zero-order valence-electron chi connectivity index (χ0n) is 7.56. The van der Waals surface area contributed by atoms with Crippen molar-refractivity contribution in [2.75, 3.05) is 0 Å². The predicted molar refractivity (Wildman–Crippen MR) is 54.3 cm³/mol. The van der Waals surface area contributed by atoms with Gasteiger partial charge in [0.15, 0.2) is 0 Å². The number of hydrogen-bond acceptors (Lipinski definition) is 1. The van der Waals surface area contributed by atoms with Crippen LogP contribution < -0.4 is 0 Å². The van der Waals surface area contributed by atoms with Gasteiger partial charge in [0.1, 0.15) is 0 Å². The van der Waals surface area contributed by atoms with Crippen molar-refractivity contribution in [2.45, 2.75) is 12.8 Å². The topological polar surface area (TPSA) is 12.9 Å². The molecule has 0 spiro atoms. The van der Waals surface area contributed by atoms with Gasteiger partial charge in [-0.15, -0.1) is 0 Å². The maximum atomic E-state index is 4.11. The number of hydrogen-bond donors (Lipinski definition) is 0. The minimum absolute atomic E-state index is 0.661. The smallest absolute Gasteiger partial charge is 0.0300 e. The fourth-order valence-electron chi connectivity index (χ4n) is 1.60. The Morgan fingerprint density at radius 3 is 3.08 bits per heavy atom. The summed E-state index contributed by atoms with van der Waals surface area (Å²) in [4.78, 5) is 4.11. The van der Waals surface area contributed by atoms with Crippen LogP contribution >= 0.6 is 0 Å². The second kappa shape index (κ2) is 4.04. The van der Waals surface area contributed by atoms with E-state index in [-0.39, 0.29) is 0 Å². The van der Waals surface area contributed by atoms with Gasteiger partial charge in [-0.05, 0) is 30.4 Å². The third-order valence-electron chi connectivity index (χ3n) is 2.29. The Morgan fingerprint density at radius 2 is 2.38 bits per heavy atom. The summed E-state index contributed by atoms with van der Waals surface area (Å²) in [5.74, 6) is 0.661. The molecular weight excluding hydrogens is 158 g/mol. The molecule has 1 nitrogen and oxygen atoms in total. The first-order valence-corrected chi connectivity index (χ1v) is 4.67. The number of nitrogens with zero attached hydrogens (tertiary/aromatic N) is 1. The molecule has 0 aromatic carbocycles. The Morgan fingerprint density at radius 1 is 1.38 bits per heavy atom. The van der Waals surface area contributed by atoms with E-state index in [1.165, 1.54) is 5.56 Å². The van der Waals surface area contributed by atoms with E-state index in [9.17, 15) is 0 Å². The maximum absolute atomic E-state index is 4.11. The largest absolute Gasteiger partial charge is 0.264 e. The van der Waals surface area contributed by atoms with Gasteiger partial charge in [0.25, 0.3) is 0 Å². The summed E-state index contributed by atoms with van der Waals surface area (Å²) in [6, 6.07) is 4.14. The third kappa shape index (κ3) is 2.28. The highest BCUT2D eigenvalue weighted by Gasteiger charge is 2.05. The van der Waals surface area contributed by atoms with Crippen LogP contribution in [0.4, 0.5) is 0 Å². The van der Waals surface area contributed by atoms with E-state index in [4.69, 9.17) is 0 Å². The van der Waals surface area contributed by atoms with Crippen molar-refractivity contribution in [3.05, 3.63) is 54.4 Å². The lowest BCUT2D eigenvalue weighted by atomic mass is 9.94.